The van der Waals surface area contributed by atoms with Crippen LogP contribution in [0.25, 0.3) is 0 Å². The van der Waals surface area contributed by atoms with E-state index < -0.39 is 18.0 Å². The molecule has 1 aromatic heterocycles. The Kier molecular flexibility index (Phi) is 8.11. The molecule has 0 aliphatic rings. The molecule has 2 atom stereocenters. The fraction of sp³-hybridized carbons (Fsp3) is 0.182. The largest absolute Gasteiger partial charge is 0.347 e. The third kappa shape index (κ3) is 6.60. The number of amides is 2. The van der Waals surface area contributed by atoms with Crippen LogP contribution in [0.3, 0.4) is 0 Å². The molecule has 1 unspecified atom stereocenters. The second-order valence-corrected chi connectivity index (χ2v) is 7.23. The van der Waals surface area contributed by atoms with E-state index in [0.29, 0.717) is 0 Å². The summed E-state index contributed by atoms with van der Waals surface area (Å²) in [6.45, 7) is 2.02. The Morgan fingerprint density at radius 1 is 0.970 bits per heavy atom. The fourth-order valence-corrected chi connectivity index (χ4v) is 3.00. The smallest absolute Gasteiger partial charge is 0.270 e. The molecule has 0 radical (unpaired) electrons. The van der Waals surface area contributed by atoms with Gasteiger partial charge in [0.25, 0.3) is 11.8 Å². The first-order valence-electron chi connectivity index (χ1n) is 10.1. The molecule has 11 heteroatoms. The van der Waals surface area contributed by atoms with Crippen molar-refractivity contribution in [1.29, 1.82) is 0 Å². The van der Waals surface area contributed by atoms with Crippen LogP contribution in [0.4, 0.5) is 4.39 Å². The van der Waals surface area contributed by atoms with Gasteiger partial charge in [-0.15, -0.1) is 0 Å². The van der Waals surface area contributed by atoms with Crippen molar-refractivity contribution < 1.29 is 14.0 Å². The zero-order valence-electron chi connectivity index (χ0n) is 17.9. The quantitative estimate of drug-likeness (QED) is 0.159. The van der Waals surface area contributed by atoms with Crippen molar-refractivity contribution in [3.05, 3.63) is 94.8 Å². The number of hydrazine groups is 2. The third-order valence-corrected chi connectivity index (χ3v) is 4.88. The first kappa shape index (κ1) is 23.9. The molecule has 8 N–H and O–H groups in total. The van der Waals surface area contributed by atoms with Crippen LogP contribution in [0.1, 0.15) is 56.8 Å². The lowest BCUT2D eigenvalue weighted by atomic mass is 10.0. The van der Waals surface area contributed by atoms with E-state index in [1.165, 1.54) is 18.2 Å². The molecule has 3 aromatic rings. The van der Waals surface area contributed by atoms with E-state index in [0.717, 1.165) is 23.0 Å². The molecule has 1 heterocycles. The highest BCUT2D eigenvalue weighted by Crippen LogP contribution is 2.16. The van der Waals surface area contributed by atoms with Gasteiger partial charge in [0, 0.05) is 12.6 Å². The van der Waals surface area contributed by atoms with Crippen molar-refractivity contribution in [2.75, 3.05) is 0 Å². The highest BCUT2D eigenvalue weighted by atomic mass is 19.1. The van der Waals surface area contributed by atoms with Gasteiger partial charge in [0.2, 0.25) is 0 Å². The minimum Gasteiger partial charge on any atom is -0.347 e. The van der Waals surface area contributed by atoms with Gasteiger partial charge in [-0.1, -0.05) is 36.4 Å². The molecule has 33 heavy (non-hydrogen) atoms. The van der Waals surface area contributed by atoms with Crippen LogP contribution in [0, 0.1) is 5.82 Å². The summed E-state index contributed by atoms with van der Waals surface area (Å²) in [7, 11) is 0. The topological polar surface area (TPSA) is 160 Å². The van der Waals surface area contributed by atoms with Crippen molar-refractivity contribution in [3.8, 4) is 0 Å². The van der Waals surface area contributed by atoms with Crippen LogP contribution >= 0.6 is 0 Å². The monoisotopic (exact) mass is 452 g/mol. The minimum absolute atomic E-state index is 0.0456. The molecule has 0 spiro atoms. The molecular formula is C22H25FN8O2. The molecule has 2 amide bonds. The average molecular weight is 452 g/mol. The molecule has 172 valence electrons. The molecular weight excluding hydrogens is 427 g/mol. The van der Waals surface area contributed by atoms with Gasteiger partial charge in [-0.2, -0.15) is 5.53 Å². The van der Waals surface area contributed by atoms with E-state index in [4.69, 9.17) is 11.6 Å². The number of nitrogens with two attached hydrogens (primary N) is 2. The van der Waals surface area contributed by atoms with Crippen molar-refractivity contribution in [3.63, 3.8) is 0 Å². The average Bonchev–Trinajstić information content (AvgIpc) is 2.83. The number of carbonyl (C=O) groups is 2. The van der Waals surface area contributed by atoms with Gasteiger partial charge >= 0.3 is 0 Å². The lowest BCUT2D eigenvalue weighted by Gasteiger charge is -2.17. The Morgan fingerprint density at radius 2 is 1.58 bits per heavy atom. The Morgan fingerprint density at radius 3 is 2.21 bits per heavy atom. The highest BCUT2D eigenvalue weighted by Gasteiger charge is 2.16. The summed E-state index contributed by atoms with van der Waals surface area (Å²) < 4.78 is 13.0. The summed E-state index contributed by atoms with van der Waals surface area (Å²) in [5, 5.41) is 5.52. The number of aromatic nitrogens is 2. The summed E-state index contributed by atoms with van der Waals surface area (Å²) in [4.78, 5) is 33.0. The molecule has 0 fully saturated rings. The van der Waals surface area contributed by atoms with Crippen LogP contribution in [0.5, 0.6) is 0 Å². The molecule has 0 aliphatic carbocycles. The van der Waals surface area contributed by atoms with E-state index in [1.807, 2.05) is 31.2 Å². The number of carbonyl (C=O) groups excluding carboxylic acids is 2. The lowest BCUT2D eigenvalue weighted by molar-refractivity contribution is 0.0934. The molecule has 0 saturated heterocycles. The number of halogens is 1. The maximum atomic E-state index is 13.0. The maximum Gasteiger partial charge on any atom is 0.270 e. The van der Waals surface area contributed by atoms with Crippen LogP contribution in [0.15, 0.2) is 60.9 Å². The number of hydrogen-bond donors (Lipinski definition) is 6. The van der Waals surface area contributed by atoms with Gasteiger partial charge in [0.15, 0.2) is 0 Å². The van der Waals surface area contributed by atoms with Gasteiger partial charge in [-0.3, -0.25) is 15.4 Å². The normalized spacial score (nSPS) is 12.6. The molecule has 10 nitrogen and oxygen atoms in total. The molecule has 0 aliphatic heterocycles. The Labute approximate surface area is 189 Å². The van der Waals surface area contributed by atoms with Crippen LogP contribution < -0.4 is 33.2 Å². The first-order valence-corrected chi connectivity index (χ1v) is 10.1. The molecule has 2 aromatic carbocycles. The predicted molar refractivity (Wildman–Crippen MR) is 119 cm³/mol. The van der Waals surface area contributed by atoms with Crippen LogP contribution in [0.2, 0.25) is 0 Å². The second-order valence-electron chi connectivity index (χ2n) is 7.23. The summed E-state index contributed by atoms with van der Waals surface area (Å²) in [6, 6.07) is 14.1. The number of hydrogen-bond acceptors (Lipinski definition) is 8. The lowest BCUT2D eigenvalue weighted by Crippen LogP contribution is -2.43. The Balaban J connectivity index is 1.60. The highest BCUT2D eigenvalue weighted by molar-refractivity contribution is 5.97. The molecule has 0 bridgehead atoms. The Bertz CT molecular complexity index is 1090. The zero-order valence-corrected chi connectivity index (χ0v) is 17.9. The fourth-order valence-electron chi connectivity index (χ4n) is 3.00. The van der Waals surface area contributed by atoms with Gasteiger partial charge < -0.3 is 16.4 Å². The third-order valence-electron chi connectivity index (χ3n) is 4.88. The van der Waals surface area contributed by atoms with E-state index in [-0.39, 0.29) is 29.8 Å². The van der Waals surface area contributed by atoms with Gasteiger partial charge in [0.05, 0.1) is 12.2 Å². The van der Waals surface area contributed by atoms with Gasteiger partial charge in [-0.25, -0.2) is 19.8 Å². The summed E-state index contributed by atoms with van der Waals surface area (Å²) in [5.74, 6) is 3.91. The summed E-state index contributed by atoms with van der Waals surface area (Å²) in [6.07, 6.45) is 0.670. The summed E-state index contributed by atoms with van der Waals surface area (Å²) >= 11 is 0. The van der Waals surface area contributed by atoms with Crippen LogP contribution in [-0.4, -0.2) is 21.8 Å². The molecule has 3 rings (SSSR count). The van der Waals surface area contributed by atoms with E-state index >= 15 is 0 Å². The first-order chi connectivity index (χ1) is 15.9. The number of benzene rings is 2. The van der Waals surface area contributed by atoms with Gasteiger partial charge in [-0.05, 0) is 35.7 Å². The van der Waals surface area contributed by atoms with E-state index in [1.54, 1.807) is 12.1 Å². The number of nitrogens with one attached hydrogen (secondary N) is 4. The van der Waals surface area contributed by atoms with E-state index in [2.05, 4.69) is 31.6 Å². The predicted octanol–water partition coefficient (Wildman–Crippen LogP) is 0.962. The van der Waals surface area contributed by atoms with Gasteiger partial charge in [0.1, 0.15) is 23.5 Å². The van der Waals surface area contributed by atoms with Crippen molar-refractivity contribution in [2.45, 2.75) is 25.7 Å². The van der Waals surface area contributed by atoms with Crippen molar-refractivity contribution >= 4 is 11.8 Å². The SMILES string of the molecule is C[C@H](NC(=O)c1cc(C(=O)NCc2ccc(F)cc2)ncn1)c1ccc(C(N)NNN)cc1. The summed E-state index contributed by atoms with van der Waals surface area (Å²) in [5.41, 5.74) is 13.4. The maximum absolute atomic E-state index is 13.0. The second kappa shape index (κ2) is 11.2. The standard InChI is InChI=1S/C22H25FN8O2/c1-13(15-4-6-16(7-5-15)20(24)30-31-25)29-22(33)19-10-18(27-12-28-19)21(32)26-11-14-2-8-17(23)9-3-14/h2-10,12-13,20,30-31H,11,24-25H2,1H3,(H,26,32)(H,29,33)/t13-,20?/m0/s1. The molecule has 0 saturated carbocycles. The van der Waals surface area contributed by atoms with Crippen molar-refractivity contribution in [2.24, 2.45) is 11.6 Å². The zero-order chi connectivity index (χ0) is 23.8. The Hall–Kier alpha value is -3.77. The number of nitrogens with zero attached hydrogens (tertiary/aromatic N) is 2. The van der Waals surface area contributed by atoms with Crippen molar-refractivity contribution in [1.82, 2.24) is 31.6 Å². The van der Waals surface area contributed by atoms with E-state index in [9.17, 15) is 14.0 Å². The minimum atomic E-state index is -0.484. The van der Waals surface area contributed by atoms with Crippen LogP contribution in [-0.2, 0) is 6.54 Å². The number of rotatable bonds is 9.